The zero-order valence-electron chi connectivity index (χ0n) is 8.99. The van der Waals surface area contributed by atoms with Crippen molar-refractivity contribution in [1.82, 2.24) is 5.32 Å². The Hall–Kier alpha value is -1.53. The van der Waals surface area contributed by atoms with Gasteiger partial charge in [0.25, 0.3) is 0 Å². The van der Waals surface area contributed by atoms with Crippen molar-refractivity contribution >= 4 is 0 Å². The van der Waals surface area contributed by atoms with E-state index >= 15 is 0 Å². The molecule has 0 amide bonds. The number of nitrogens with one attached hydrogen (secondary N) is 1. The molecule has 1 aromatic rings. The van der Waals surface area contributed by atoms with E-state index in [0.29, 0.717) is 13.0 Å². The number of rotatable bonds is 6. The molecule has 1 rings (SSSR count). The van der Waals surface area contributed by atoms with Crippen molar-refractivity contribution in [3.63, 3.8) is 0 Å². The number of nitriles is 1. The van der Waals surface area contributed by atoms with E-state index in [4.69, 9.17) is 10.00 Å². The van der Waals surface area contributed by atoms with Crippen molar-refractivity contribution in [1.29, 1.82) is 5.26 Å². The van der Waals surface area contributed by atoms with Crippen LogP contribution in [0.5, 0.6) is 5.75 Å². The second kappa shape index (κ2) is 6.86. The van der Waals surface area contributed by atoms with E-state index in [9.17, 15) is 0 Å². The highest BCUT2D eigenvalue weighted by molar-refractivity contribution is 5.33. The van der Waals surface area contributed by atoms with Gasteiger partial charge in [-0.05, 0) is 19.5 Å². The molecule has 80 valence electrons. The summed E-state index contributed by atoms with van der Waals surface area (Å²) in [5, 5.41) is 11.5. The molecular weight excluding hydrogens is 188 g/mol. The maximum atomic E-state index is 8.39. The van der Waals surface area contributed by atoms with E-state index in [-0.39, 0.29) is 0 Å². The van der Waals surface area contributed by atoms with Crippen LogP contribution in [-0.2, 0) is 6.54 Å². The van der Waals surface area contributed by atoms with Crippen molar-refractivity contribution in [2.45, 2.75) is 19.4 Å². The number of para-hydroxylation sites is 1. The summed E-state index contributed by atoms with van der Waals surface area (Å²) in [6.45, 7) is 1.41. The predicted octanol–water partition coefficient (Wildman–Crippen LogP) is 2.09. The average Bonchev–Trinajstić information content (AvgIpc) is 2.27. The van der Waals surface area contributed by atoms with Gasteiger partial charge in [-0.25, -0.2) is 0 Å². The molecule has 15 heavy (non-hydrogen) atoms. The van der Waals surface area contributed by atoms with Crippen LogP contribution in [0.15, 0.2) is 24.3 Å². The minimum Gasteiger partial charge on any atom is -0.493 e. The summed E-state index contributed by atoms with van der Waals surface area (Å²) >= 11 is 0. The Morgan fingerprint density at radius 1 is 1.40 bits per heavy atom. The third-order valence-corrected chi connectivity index (χ3v) is 2.03. The molecule has 0 spiro atoms. The van der Waals surface area contributed by atoms with Crippen LogP contribution in [0.25, 0.3) is 0 Å². The van der Waals surface area contributed by atoms with Gasteiger partial charge < -0.3 is 10.1 Å². The number of nitrogens with zero attached hydrogens (tertiary/aromatic N) is 1. The molecule has 0 aromatic heterocycles. The first-order valence-electron chi connectivity index (χ1n) is 5.10. The van der Waals surface area contributed by atoms with Gasteiger partial charge in [-0.15, -0.1) is 0 Å². The van der Waals surface area contributed by atoms with Gasteiger partial charge in [0.05, 0.1) is 12.7 Å². The zero-order chi connectivity index (χ0) is 10.9. The summed E-state index contributed by atoms with van der Waals surface area (Å²) in [6.07, 6.45) is 1.33. The molecule has 0 unspecified atom stereocenters. The third kappa shape index (κ3) is 4.01. The normalized spacial score (nSPS) is 9.60. The van der Waals surface area contributed by atoms with E-state index in [1.165, 1.54) is 0 Å². The lowest BCUT2D eigenvalue weighted by Crippen LogP contribution is -2.07. The van der Waals surface area contributed by atoms with Gasteiger partial charge in [-0.3, -0.25) is 0 Å². The molecule has 0 heterocycles. The van der Waals surface area contributed by atoms with Crippen LogP contribution in [-0.4, -0.2) is 13.7 Å². The highest BCUT2D eigenvalue weighted by Crippen LogP contribution is 2.17. The lowest BCUT2D eigenvalue weighted by molar-refractivity contribution is 0.309. The van der Waals surface area contributed by atoms with Crippen molar-refractivity contribution < 1.29 is 4.74 Å². The third-order valence-electron chi connectivity index (χ3n) is 2.03. The second-order valence-corrected chi connectivity index (χ2v) is 3.25. The summed E-state index contributed by atoms with van der Waals surface area (Å²) in [7, 11) is 1.91. The van der Waals surface area contributed by atoms with Gasteiger partial charge in [-0.2, -0.15) is 5.26 Å². The topological polar surface area (TPSA) is 45.0 Å². The predicted molar refractivity (Wildman–Crippen MR) is 59.5 cm³/mol. The zero-order valence-corrected chi connectivity index (χ0v) is 8.99. The first-order chi connectivity index (χ1) is 7.38. The van der Waals surface area contributed by atoms with E-state index in [2.05, 4.69) is 11.4 Å². The molecule has 0 atom stereocenters. The van der Waals surface area contributed by atoms with Crippen molar-refractivity contribution in [3.8, 4) is 11.8 Å². The monoisotopic (exact) mass is 204 g/mol. The maximum absolute atomic E-state index is 8.39. The van der Waals surface area contributed by atoms with Gasteiger partial charge in [0.2, 0.25) is 0 Å². The Morgan fingerprint density at radius 3 is 2.93 bits per heavy atom. The Kier molecular flexibility index (Phi) is 5.28. The van der Waals surface area contributed by atoms with Crippen molar-refractivity contribution in [3.05, 3.63) is 29.8 Å². The fraction of sp³-hybridized carbons (Fsp3) is 0.417. The fourth-order valence-electron chi connectivity index (χ4n) is 1.31. The molecule has 0 aliphatic heterocycles. The van der Waals surface area contributed by atoms with Crippen LogP contribution in [0.1, 0.15) is 18.4 Å². The van der Waals surface area contributed by atoms with Gasteiger partial charge >= 0.3 is 0 Å². The minimum atomic E-state index is 0.550. The number of ether oxygens (including phenoxy) is 1. The Bertz CT molecular complexity index is 331. The number of benzene rings is 1. The summed E-state index contributed by atoms with van der Waals surface area (Å²) in [6, 6.07) is 10.0. The van der Waals surface area contributed by atoms with Crippen LogP contribution in [0.4, 0.5) is 0 Å². The molecule has 0 saturated carbocycles. The smallest absolute Gasteiger partial charge is 0.123 e. The summed E-state index contributed by atoms with van der Waals surface area (Å²) in [5.74, 6) is 0.907. The van der Waals surface area contributed by atoms with Crippen LogP contribution in [0.2, 0.25) is 0 Å². The molecule has 0 bridgehead atoms. The summed E-state index contributed by atoms with van der Waals surface area (Å²) < 4.78 is 5.60. The molecule has 0 aliphatic carbocycles. The Balaban J connectivity index is 2.48. The first-order valence-corrected chi connectivity index (χ1v) is 5.10. The number of hydrogen-bond acceptors (Lipinski definition) is 3. The van der Waals surface area contributed by atoms with Gasteiger partial charge in [-0.1, -0.05) is 18.2 Å². The largest absolute Gasteiger partial charge is 0.493 e. The molecule has 0 saturated heterocycles. The SMILES string of the molecule is CNCc1ccccc1OCCCC#N. The van der Waals surface area contributed by atoms with Gasteiger partial charge in [0.15, 0.2) is 0 Å². The molecule has 0 aliphatic rings. The van der Waals surface area contributed by atoms with E-state index in [1.54, 1.807) is 0 Å². The minimum absolute atomic E-state index is 0.550. The van der Waals surface area contributed by atoms with E-state index in [1.807, 2.05) is 31.3 Å². The quantitative estimate of drug-likeness (QED) is 0.722. The molecule has 0 radical (unpaired) electrons. The van der Waals surface area contributed by atoms with Crippen molar-refractivity contribution in [2.24, 2.45) is 0 Å². The number of hydrogen-bond donors (Lipinski definition) is 1. The molecular formula is C12H16N2O. The standard InChI is InChI=1S/C12H16N2O/c1-14-10-11-6-2-3-7-12(11)15-9-5-4-8-13/h2-3,6-7,14H,4-5,9-10H2,1H3. The summed E-state index contributed by atoms with van der Waals surface area (Å²) in [4.78, 5) is 0. The Labute approximate surface area is 90.7 Å². The molecule has 0 fully saturated rings. The molecule has 1 N–H and O–H groups in total. The molecule has 3 heteroatoms. The van der Waals surface area contributed by atoms with Gasteiger partial charge in [0.1, 0.15) is 5.75 Å². The van der Waals surface area contributed by atoms with E-state index in [0.717, 1.165) is 24.3 Å². The number of unbranched alkanes of at least 4 members (excludes halogenated alkanes) is 1. The highest BCUT2D eigenvalue weighted by Gasteiger charge is 2.00. The fourth-order valence-corrected chi connectivity index (χ4v) is 1.31. The first kappa shape index (κ1) is 11.5. The lowest BCUT2D eigenvalue weighted by atomic mass is 10.2. The summed E-state index contributed by atoms with van der Waals surface area (Å²) in [5.41, 5.74) is 1.15. The second-order valence-electron chi connectivity index (χ2n) is 3.25. The Morgan fingerprint density at radius 2 is 2.20 bits per heavy atom. The highest BCUT2D eigenvalue weighted by atomic mass is 16.5. The molecule has 1 aromatic carbocycles. The van der Waals surface area contributed by atoms with Crippen molar-refractivity contribution in [2.75, 3.05) is 13.7 Å². The average molecular weight is 204 g/mol. The van der Waals surface area contributed by atoms with Crippen LogP contribution in [0.3, 0.4) is 0 Å². The maximum Gasteiger partial charge on any atom is 0.123 e. The van der Waals surface area contributed by atoms with Crippen LogP contribution >= 0.6 is 0 Å². The van der Waals surface area contributed by atoms with Crippen LogP contribution < -0.4 is 10.1 Å². The molecule has 3 nitrogen and oxygen atoms in total. The lowest BCUT2D eigenvalue weighted by Gasteiger charge is -2.10. The van der Waals surface area contributed by atoms with E-state index < -0.39 is 0 Å². The van der Waals surface area contributed by atoms with Crippen LogP contribution in [0, 0.1) is 11.3 Å². The van der Waals surface area contributed by atoms with Gasteiger partial charge in [0, 0.05) is 18.5 Å².